The van der Waals surface area contributed by atoms with Crippen molar-refractivity contribution in [2.45, 2.75) is 42.2 Å². The van der Waals surface area contributed by atoms with Gasteiger partial charge < -0.3 is 13.7 Å². The minimum Gasteiger partial charge on any atom is -0.741 e. The van der Waals surface area contributed by atoms with Crippen molar-refractivity contribution in [3.05, 3.63) is 206 Å². The normalized spacial score (nSPS) is 13.5. The van der Waals surface area contributed by atoms with Crippen LogP contribution in [0.5, 0.6) is 0 Å². The van der Waals surface area contributed by atoms with E-state index in [1.165, 1.54) is 57.5 Å². The van der Waals surface area contributed by atoms with Gasteiger partial charge in [-0.1, -0.05) is 206 Å². The first kappa shape index (κ1) is 64.4. The van der Waals surface area contributed by atoms with E-state index in [0.29, 0.717) is 0 Å². The van der Waals surface area contributed by atoms with Crippen molar-refractivity contribution in [1.82, 2.24) is 0 Å². The van der Waals surface area contributed by atoms with E-state index in [-0.39, 0.29) is 19.5 Å². The molecule has 0 saturated carbocycles. The summed E-state index contributed by atoms with van der Waals surface area (Å²) < 4.78 is 177. The molecule has 24 heteroatoms. The topological polar surface area (TPSA) is 172 Å². The van der Waals surface area contributed by atoms with E-state index < -0.39 is 62.7 Å². The van der Waals surface area contributed by atoms with E-state index in [1.807, 2.05) is 0 Å². The molecule has 0 spiro atoms. The third-order valence-electron chi connectivity index (χ3n) is 8.27. The number of hydrogen-bond donors (Lipinski definition) is 0. The zero-order valence-corrected chi connectivity index (χ0v) is 42.4. The molecule has 384 valence electrons. The molecule has 0 atom stereocenters. The summed E-state index contributed by atoms with van der Waals surface area (Å²) in [7, 11) is -19.2. The van der Waals surface area contributed by atoms with Gasteiger partial charge in [-0.3, -0.25) is 0 Å². The fourth-order valence-electron chi connectivity index (χ4n) is 5.21. The molecule has 1 aliphatic rings. The molecule has 6 aromatic rings. The van der Waals surface area contributed by atoms with Gasteiger partial charge in [-0.2, -0.15) is 39.5 Å². The van der Waals surface area contributed by atoms with Crippen molar-refractivity contribution < 1.29 is 97.9 Å². The number of allylic oxidation sites excluding steroid dienone is 4. The van der Waals surface area contributed by atoms with Crippen molar-refractivity contribution in [2.75, 3.05) is 0 Å². The van der Waals surface area contributed by atoms with Crippen molar-refractivity contribution in [2.24, 2.45) is 0 Å². The fraction of sp³-hybridized carbons (Fsp3) is 0.149. The Hall–Kier alpha value is -4.62. The van der Waals surface area contributed by atoms with Gasteiger partial charge in [0.1, 0.15) is 0 Å². The van der Waals surface area contributed by atoms with E-state index in [2.05, 4.69) is 206 Å². The first-order valence-corrected chi connectivity index (χ1v) is 26.8. The number of benzene rings is 6. The van der Waals surface area contributed by atoms with Crippen LogP contribution in [0.25, 0.3) is 0 Å². The second-order valence-electron chi connectivity index (χ2n) is 13.5. The molecular weight excluding hydrogens is 1140 g/mol. The van der Waals surface area contributed by atoms with Crippen molar-refractivity contribution in [1.29, 1.82) is 0 Å². The van der Waals surface area contributed by atoms with Gasteiger partial charge in [-0.15, -0.1) is 0 Å². The summed E-state index contributed by atoms with van der Waals surface area (Å²) in [6, 6.07) is 64.7. The summed E-state index contributed by atoms with van der Waals surface area (Å²) in [6.45, 7) is 0. The average Bonchev–Trinajstić information content (AvgIpc) is 3.28. The van der Waals surface area contributed by atoms with E-state index in [4.69, 9.17) is 38.9 Å². The second-order valence-corrected chi connectivity index (χ2v) is 22.0. The van der Waals surface area contributed by atoms with Gasteiger partial charge in [-0.25, -0.2) is 25.3 Å². The first-order valence-electron chi connectivity index (χ1n) is 19.9. The Morgan fingerprint density at radius 1 is 0.296 bits per heavy atom. The molecule has 0 unspecified atom stereocenters. The largest absolute Gasteiger partial charge is 3.00 e. The molecule has 6 aromatic carbocycles. The summed E-state index contributed by atoms with van der Waals surface area (Å²) >= 11 is 0. The third-order valence-corrected chi connectivity index (χ3v) is 14.9. The third kappa shape index (κ3) is 25.1. The van der Waals surface area contributed by atoms with Crippen LogP contribution in [-0.4, -0.2) is 55.4 Å². The van der Waals surface area contributed by atoms with Gasteiger partial charge in [0.2, 0.25) is 0 Å². The Kier molecular flexibility index (Phi) is 28.2. The second kappa shape index (κ2) is 31.1. The van der Waals surface area contributed by atoms with Crippen LogP contribution in [0.3, 0.4) is 0 Å². The minimum atomic E-state index is -6.09. The summed E-state index contributed by atoms with van der Waals surface area (Å²) in [4.78, 5) is 0. The van der Waals surface area contributed by atoms with Crippen LogP contribution in [-0.2, 0) is 49.8 Å². The van der Waals surface area contributed by atoms with Gasteiger partial charge >= 0.3 is 36.0 Å². The molecule has 9 nitrogen and oxygen atoms in total. The average molecular weight is 1180 g/mol. The maximum atomic E-state index is 10.7. The summed E-state index contributed by atoms with van der Waals surface area (Å²) in [5.41, 5.74) is -16.9. The molecule has 0 radical (unpaired) electrons. The van der Waals surface area contributed by atoms with Crippen LogP contribution in [0.15, 0.2) is 206 Å². The Morgan fingerprint density at radius 2 is 0.408 bits per heavy atom. The van der Waals surface area contributed by atoms with E-state index in [9.17, 15) is 39.5 Å². The summed E-state index contributed by atoms with van der Waals surface area (Å²) in [5.74, 6) is 0. The molecule has 0 N–H and O–H groups in total. The van der Waals surface area contributed by atoms with Crippen LogP contribution < -0.4 is 31.8 Å². The minimum absolute atomic E-state index is 0. The number of halogens is 9. The van der Waals surface area contributed by atoms with Crippen molar-refractivity contribution in [3.8, 4) is 0 Å². The SMILES string of the molecule is C1=C\CC/C=C\CC/1.O=S(=O)([O-])C(F)(F)F.O=S(=O)([O-])C(F)(F)F.O=S(=O)([O-])C(F)(F)F.[Rh+3].c1ccc(P(c2ccccc2)c2ccccc2)cc1.c1ccc(P(c2ccccc2)c2ccccc2)cc1. The predicted molar refractivity (Wildman–Crippen MR) is 254 cm³/mol. The number of hydrogen-bond acceptors (Lipinski definition) is 9. The van der Waals surface area contributed by atoms with Crippen LogP contribution in [0.2, 0.25) is 0 Å². The van der Waals surface area contributed by atoms with Gasteiger partial charge in [0, 0.05) is 0 Å². The predicted octanol–water partition coefficient (Wildman–Crippen LogP) is 9.71. The van der Waals surface area contributed by atoms with Crippen molar-refractivity contribution in [3.63, 3.8) is 0 Å². The summed E-state index contributed by atoms with van der Waals surface area (Å²) in [5, 5.41) is 8.39. The van der Waals surface area contributed by atoms with Crippen molar-refractivity contribution >= 4 is 78.0 Å². The molecule has 7 rings (SSSR count). The summed E-state index contributed by atoms with van der Waals surface area (Å²) in [6.07, 6.45) is 14.0. The molecule has 0 amide bonds. The molecular formula is C47H42F9O9P2RhS3. The molecule has 0 aliphatic heterocycles. The van der Waals surface area contributed by atoms with E-state index in [1.54, 1.807) is 0 Å². The molecule has 0 bridgehead atoms. The Morgan fingerprint density at radius 3 is 0.507 bits per heavy atom. The number of rotatable bonds is 6. The van der Waals surface area contributed by atoms with Gasteiger partial charge in [0.25, 0.3) is 0 Å². The smallest absolute Gasteiger partial charge is 0.741 e. The maximum absolute atomic E-state index is 10.7. The van der Waals surface area contributed by atoms with Gasteiger partial charge in [0.15, 0.2) is 30.4 Å². The Labute approximate surface area is 422 Å². The van der Waals surface area contributed by atoms with Gasteiger partial charge in [-0.05, 0) is 73.4 Å². The molecule has 71 heavy (non-hydrogen) atoms. The first-order chi connectivity index (χ1) is 32.6. The Bertz CT molecular complexity index is 2370. The number of alkyl halides is 9. The molecule has 0 aromatic heterocycles. The Balaban J connectivity index is 0.000000450. The van der Waals surface area contributed by atoms with Crippen LogP contribution in [0.1, 0.15) is 25.7 Å². The molecule has 0 saturated heterocycles. The fourth-order valence-corrected chi connectivity index (χ4v) is 9.82. The maximum Gasteiger partial charge on any atom is 3.00 e. The van der Waals surface area contributed by atoms with Crippen LogP contribution >= 0.6 is 15.8 Å². The van der Waals surface area contributed by atoms with E-state index in [0.717, 1.165) is 0 Å². The van der Waals surface area contributed by atoms with Crippen LogP contribution in [0.4, 0.5) is 39.5 Å². The zero-order valence-electron chi connectivity index (χ0n) is 36.5. The quantitative estimate of drug-likeness (QED) is 0.0393. The standard InChI is InChI=1S/2C18H15P.C8H12.3CHF3O3S.Rh/c2*1-4-10-16(11-5-1)19(17-12-6-2-7-13-17)18-14-8-3-9-15-18;1-2-4-6-8-7-5-3-1;3*2-1(3,4)8(5,6)7;/h2*1-15H;1-2,7-8H,3-6H2;3*(H,5,6,7);/q;;;;;;+3/p-3/b;;2-1-,8-7-;;;;. The van der Waals surface area contributed by atoms with E-state index >= 15 is 0 Å². The zero-order chi connectivity index (χ0) is 52.5. The molecule has 1 aliphatic carbocycles. The monoisotopic (exact) mass is 1180 g/mol. The molecule has 0 fully saturated rings. The van der Waals surface area contributed by atoms with Crippen LogP contribution in [0, 0.1) is 0 Å². The van der Waals surface area contributed by atoms with Gasteiger partial charge in [0.05, 0.1) is 0 Å². The molecule has 0 heterocycles.